The summed E-state index contributed by atoms with van der Waals surface area (Å²) >= 11 is 0. The second-order valence-corrected chi connectivity index (χ2v) is 4.60. The van der Waals surface area contributed by atoms with Crippen LogP contribution in [0.4, 0.5) is 17.6 Å². The summed E-state index contributed by atoms with van der Waals surface area (Å²) in [7, 11) is 0. The molecule has 0 unspecified atom stereocenters. The highest BCUT2D eigenvalue weighted by Crippen LogP contribution is 2.15. The van der Waals surface area contributed by atoms with Crippen molar-refractivity contribution in [2.24, 2.45) is 0 Å². The van der Waals surface area contributed by atoms with Crippen LogP contribution in [0.1, 0.15) is 0 Å². The summed E-state index contributed by atoms with van der Waals surface area (Å²) in [6, 6.07) is 6.61. The Hall–Kier alpha value is -2.28. The van der Waals surface area contributed by atoms with Crippen LogP contribution in [-0.4, -0.2) is 26.3 Å². The maximum Gasteiger partial charge on any atom is 0.162 e. The number of benzene rings is 2. The highest BCUT2D eigenvalue weighted by atomic mass is 19.2. The fourth-order valence-electron chi connectivity index (χ4n) is 1.74. The average Bonchev–Trinajstić information content (AvgIpc) is 2.53. The van der Waals surface area contributed by atoms with E-state index in [1.54, 1.807) is 0 Å². The van der Waals surface area contributed by atoms with E-state index >= 15 is 0 Å². The predicted octanol–water partition coefficient (Wildman–Crippen LogP) is 3.29. The second kappa shape index (κ2) is 8.38. The summed E-state index contributed by atoms with van der Waals surface area (Å²) in [5, 5.41) is 2.99. The van der Waals surface area contributed by atoms with E-state index < -0.39 is 23.3 Å². The van der Waals surface area contributed by atoms with Crippen molar-refractivity contribution >= 4 is 0 Å². The molecule has 0 aliphatic carbocycles. The molecule has 0 bridgehead atoms. The Morgan fingerprint density at radius 2 is 1.09 bits per heavy atom. The molecule has 3 nitrogen and oxygen atoms in total. The topological polar surface area (TPSA) is 30.5 Å². The summed E-state index contributed by atoms with van der Waals surface area (Å²) < 4.78 is 61.8. The van der Waals surface area contributed by atoms with Crippen LogP contribution in [0.5, 0.6) is 11.5 Å². The van der Waals surface area contributed by atoms with Gasteiger partial charge in [-0.25, -0.2) is 17.6 Å². The fourth-order valence-corrected chi connectivity index (χ4v) is 1.74. The molecule has 0 heterocycles. The molecule has 0 saturated heterocycles. The lowest BCUT2D eigenvalue weighted by Gasteiger charge is -2.09. The van der Waals surface area contributed by atoms with Crippen molar-refractivity contribution in [3.8, 4) is 11.5 Å². The molecule has 0 saturated carbocycles. The van der Waals surface area contributed by atoms with Crippen LogP contribution in [0.15, 0.2) is 36.4 Å². The molecule has 1 N–H and O–H groups in total. The van der Waals surface area contributed by atoms with Crippen molar-refractivity contribution in [1.29, 1.82) is 0 Å². The van der Waals surface area contributed by atoms with E-state index in [4.69, 9.17) is 9.47 Å². The molecule has 2 aromatic carbocycles. The summed E-state index contributed by atoms with van der Waals surface area (Å²) in [5.41, 5.74) is 0. The van der Waals surface area contributed by atoms with Gasteiger partial charge in [0.25, 0.3) is 0 Å². The smallest absolute Gasteiger partial charge is 0.162 e. The third-order valence-electron chi connectivity index (χ3n) is 2.88. The highest BCUT2D eigenvalue weighted by Gasteiger charge is 2.04. The molecule has 0 atom stereocenters. The quantitative estimate of drug-likeness (QED) is 0.595. The molecular weight excluding hydrogens is 314 g/mol. The van der Waals surface area contributed by atoms with Crippen LogP contribution in [-0.2, 0) is 0 Å². The van der Waals surface area contributed by atoms with E-state index in [0.717, 1.165) is 24.3 Å². The minimum Gasteiger partial charge on any atom is -0.492 e. The fraction of sp³-hybridized carbons (Fsp3) is 0.250. The average molecular weight is 329 g/mol. The zero-order chi connectivity index (χ0) is 16.7. The SMILES string of the molecule is Fc1ccc(OCCNCCOc2ccc(F)c(F)c2)cc1F. The minimum absolute atomic E-state index is 0.240. The van der Waals surface area contributed by atoms with E-state index in [1.165, 1.54) is 12.1 Å². The summed E-state index contributed by atoms with van der Waals surface area (Å²) in [4.78, 5) is 0. The van der Waals surface area contributed by atoms with Crippen molar-refractivity contribution in [3.05, 3.63) is 59.7 Å². The third kappa shape index (κ3) is 5.45. The van der Waals surface area contributed by atoms with Gasteiger partial charge >= 0.3 is 0 Å². The number of halogens is 4. The second-order valence-electron chi connectivity index (χ2n) is 4.60. The molecule has 2 rings (SSSR count). The number of hydrogen-bond donors (Lipinski definition) is 1. The zero-order valence-corrected chi connectivity index (χ0v) is 12.1. The number of rotatable bonds is 8. The highest BCUT2D eigenvalue weighted by molar-refractivity contribution is 5.24. The largest absolute Gasteiger partial charge is 0.492 e. The van der Waals surface area contributed by atoms with Crippen LogP contribution < -0.4 is 14.8 Å². The van der Waals surface area contributed by atoms with Crippen molar-refractivity contribution in [2.75, 3.05) is 26.3 Å². The van der Waals surface area contributed by atoms with Crippen molar-refractivity contribution in [2.45, 2.75) is 0 Å². The molecule has 7 heteroatoms. The lowest BCUT2D eigenvalue weighted by Crippen LogP contribution is -2.25. The summed E-state index contributed by atoms with van der Waals surface area (Å²) in [6.07, 6.45) is 0. The van der Waals surface area contributed by atoms with E-state index in [0.29, 0.717) is 13.1 Å². The van der Waals surface area contributed by atoms with Crippen LogP contribution in [0.3, 0.4) is 0 Å². The van der Waals surface area contributed by atoms with Gasteiger partial charge < -0.3 is 14.8 Å². The van der Waals surface area contributed by atoms with Gasteiger partial charge in [-0.15, -0.1) is 0 Å². The van der Waals surface area contributed by atoms with Gasteiger partial charge in [0.2, 0.25) is 0 Å². The van der Waals surface area contributed by atoms with Crippen LogP contribution >= 0.6 is 0 Å². The summed E-state index contributed by atoms with van der Waals surface area (Å²) in [6.45, 7) is 1.44. The third-order valence-corrected chi connectivity index (χ3v) is 2.88. The van der Waals surface area contributed by atoms with Gasteiger partial charge in [0.15, 0.2) is 23.3 Å². The molecular formula is C16H15F4NO2. The van der Waals surface area contributed by atoms with Crippen LogP contribution in [0.2, 0.25) is 0 Å². The lowest BCUT2D eigenvalue weighted by molar-refractivity contribution is 0.286. The minimum atomic E-state index is -0.963. The standard InChI is InChI=1S/C16H15F4NO2/c17-13-3-1-11(9-15(13)19)22-7-5-21-6-8-23-12-2-4-14(18)16(20)10-12/h1-4,9-10,21H,5-8H2. The molecule has 0 aliphatic rings. The van der Waals surface area contributed by atoms with Gasteiger partial charge in [-0.2, -0.15) is 0 Å². The first-order chi connectivity index (χ1) is 11.1. The van der Waals surface area contributed by atoms with Gasteiger partial charge in [-0.05, 0) is 24.3 Å². The summed E-state index contributed by atoms with van der Waals surface area (Å²) in [5.74, 6) is -3.30. The molecule has 0 aromatic heterocycles. The van der Waals surface area contributed by atoms with E-state index in [1.807, 2.05) is 0 Å². The molecule has 0 fully saturated rings. The molecule has 0 amide bonds. The zero-order valence-electron chi connectivity index (χ0n) is 12.1. The van der Waals surface area contributed by atoms with E-state index in [9.17, 15) is 17.6 Å². The Labute approximate surface area is 130 Å². The maximum absolute atomic E-state index is 12.9. The molecule has 0 aliphatic heterocycles. The Bertz CT molecular complexity index is 596. The monoisotopic (exact) mass is 329 g/mol. The predicted molar refractivity (Wildman–Crippen MR) is 76.6 cm³/mol. The first-order valence-corrected chi connectivity index (χ1v) is 6.92. The Morgan fingerprint density at radius 1 is 0.652 bits per heavy atom. The number of ether oxygens (including phenoxy) is 2. The van der Waals surface area contributed by atoms with Crippen molar-refractivity contribution in [1.82, 2.24) is 5.32 Å². The number of hydrogen-bond acceptors (Lipinski definition) is 3. The molecule has 23 heavy (non-hydrogen) atoms. The normalized spacial score (nSPS) is 10.6. The first-order valence-electron chi connectivity index (χ1n) is 6.92. The van der Waals surface area contributed by atoms with Crippen LogP contribution in [0, 0.1) is 23.3 Å². The molecule has 0 radical (unpaired) electrons. The van der Waals surface area contributed by atoms with Gasteiger partial charge in [-0.1, -0.05) is 0 Å². The Morgan fingerprint density at radius 3 is 1.48 bits per heavy atom. The van der Waals surface area contributed by atoms with Gasteiger partial charge in [0, 0.05) is 25.2 Å². The van der Waals surface area contributed by atoms with E-state index in [2.05, 4.69) is 5.32 Å². The van der Waals surface area contributed by atoms with Gasteiger partial charge in [0.05, 0.1) is 0 Å². The Kier molecular flexibility index (Phi) is 6.22. The first kappa shape index (κ1) is 17.1. The van der Waals surface area contributed by atoms with Gasteiger partial charge in [0.1, 0.15) is 24.7 Å². The van der Waals surface area contributed by atoms with Crippen molar-refractivity contribution < 1.29 is 27.0 Å². The van der Waals surface area contributed by atoms with Crippen molar-refractivity contribution in [3.63, 3.8) is 0 Å². The molecule has 0 spiro atoms. The maximum atomic E-state index is 12.9. The lowest BCUT2D eigenvalue weighted by atomic mass is 10.3. The molecule has 124 valence electrons. The van der Waals surface area contributed by atoms with Crippen LogP contribution in [0.25, 0.3) is 0 Å². The van der Waals surface area contributed by atoms with E-state index in [-0.39, 0.29) is 24.7 Å². The number of nitrogens with one attached hydrogen (secondary N) is 1. The Balaban J connectivity index is 1.58. The molecule has 2 aromatic rings. The van der Waals surface area contributed by atoms with Gasteiger partial charge in [-0.3, -0.25) is 0 Å².